The van der Waals surface area contributed by atoms with Gasteiger partial charge < -0.3 is 0 Å². The smallest absolute Gasteiger partial charge is 0.155 e. The molecular weight excluding hydrogens is 284 g/mol. The van der Waals surface area contributed by atoms with E-state index < -0.39 is 0 Å². The van der Waals surface area contributed by atoms with E-state index >= 15 is 0 Å². The van der Waals surface area contributed by atoms with E-state index in [0.717, 1.165) is 31.5 Å². The van der Waals surface area contributed by atoms with Crippen LogP contribution in [0.5, 0.6) is 0 Å². The molecule has 0 radical (unpaired) electrons. The Labute approximate surface area is 142 Å². The average Bonchev–Trinajstić information content (AvgIpc) is 2.59. The van der Waals surface area contributed by atoms with Crippen LogP contribution in [0.15, 0.2) is 24.0 Å². The van der Waals surface area contributed by atoms with Crippen LogP contribution in [-0.2, 0) is 17.6 Å². The van der Waals surface area contributed by atoms with Gasteiger partial charge >= 0.3 is 0 Å². The van der Waals surface area contributed by atoms with Gasteiger partial charge in [-0.25, -0.2) is 9.97 Å². The molecule has 0 N–H and O–H groups in total. The van der Waals surface area contributed by atoms with Gasteiger partial charge in [0.1, 0.15) is 5.82 Å². The summed E-state index contributed by atoms with van der Waals surface area (Å²) < 4.78 is 0. The SMILES string of the molecule is CC.CCCc1cnc(C/C(=C/C(=O)CC)C(CC)CC)nc1. The third-order valence-electron chi connectivity index (χ3n) is 3.86. The number of allylic oxidation sites excluding steroid dienone is 2. The van der Waals surface area contributed by atoms with Gasteiger partial charge in [-0.1, -0.05) is 53.5 Å². The molecule has 0 fully saturated rings. The van der Waals surface area contributed by atoms with Crippen molar-refractivity contribution < 1.29 is 4.79 Å². The zero-order valence-electron chi connectivity index (χ0n) is 15.9. The molecule has 0 amide bonds. The lowest BCUT2D eigenvalue weighted by Crippen LogP contribution is -2.09. The molecule has 23 heavy (non-hydrogen) atoms. The fraction of sp³-hybridized carbons (Fsp3) is 0.650. The van der Waals surface area contributed by atoms with E-state index in [-0.39, 0.29) is 5.78 Å². The number of hydrogen-bond donors (Lipinski definition) is 0. The third kappa shape index (κ3) is 8.06. The highest BCUT2D eigenvalue weighted by atomic mass is 16.1. The molecule has 0 unspecified atom stereocenters. The molecule has 1 aromatic heterocycles. The molecule has 1 rings (SSSR count). The Morgan fingerprint density at radius 2 is 1.65 bits per heavy atom. The van der Waals surface area contributed by atoms with E-state index in [1.807, 2.05) is 39.2 Å². The Morgan fingerprint density at radius 1 is 1.09 bits per heavy atom. The quantitative estimate of drug-likeness (QED) is 0.577. The summed E-state index contributed by atoms with van der Waals surface area (Å²) in [5.74, 6) is 1.45. The summed E-state index contributed by atoms with van der Waals surface area (Å²) in [5.41, 5.74) is 2.36. The summed E-state index contributed by atoms with van der Waals surface area (Å²) in [6.45, 7) is 12.4. The molecule has 3 heteroatoms. The van der Waals surface area contributed by atoms with Crippen LogP contribution >= 0.6 is 0 Å². The van der Waals surface area contributed by atoms with Crippen molar-refractivity contribution >= 4 is 5.78 Å². The molecule has 0 spiro atoms. The van der Waals surface area contributed by atoms with Crippen molar-refractivity contribution in [3.8, 4) is 0 Å². The summed E-state index contributed by atoms with van der Waals surface area (Å²) in [6, 6.07) is 0. The second kappa shape index (κ2) is 13.0. The summed E-state index contributed by atoms with van der Waals surface area (Å²) in [4.78, 5) is 20.7. The molecule has 0 aromatic carbocycles. The molecule has 0 aliphatic heterocycles. The Kier molecular flexibility index (Phi) is 12.1. The van der Waals surface area contributed by atoms with E-state index in [9.17, 15) is 4.79 Å². The maximum absolute atomic E-state index is 11.8. The number of aryl methyl sites for hydroxylation is 1. The Balaban J connectivity index is 0.00000232. The molecule has 0 aliphatic rings. The van der Waals surface area contributed by atoms with E-state index in [1.54, 1.807) is 0 Å². The molecule has 0 aliphatic carbocycles. The number of ketones is 1. The summed E-state index contributed by atoms with van der Waals surface area (Å²) >= 11 is 0. The lowest BCUT2D eigenvalue weighted by Gasteiger charge is -2.16. The van der Waals surface area contributed by atoms with Gasteiger partial charge in [0, 0.05) is 25.2 Å². The lowest BCUT2D eigenvalue weighted by molar-refractivity contribution is -0.114. The Bertz CT molecular complexity index is 459. The van der Waals surface area contributed by atoms with Gasteiger partial charge in [0.2, 0.25) is 0 Å². The van der Waals surface area contributed by atoms with Gasteiger partial charge in [0.25, 0.3) is 0 Å². The second-order valence-electron chi connectivity index (χ2n) is 5.49. The molecule has 1 aromatic rings. The van der Waals surface area contributed by atoms with Crippen molar-refractivity contribution in [3.05, 3.63) is 35.4 Å². The summed E-state index contributed by atoms with van der Waals surface area (Å²) in [6.07, 6.45) is 11.1. The predicted octanol–water partition coefficient (Wildman–Crippen LogP) is 5.34. The summed E-state index contributed by atoms with van der Waals surface area (Å²) in [7, 11) is 0. The summed E-state index contributed by atoms with van der Waals surface area (Å²) in [5, 5.41) is 0. The molecule has 0 atom stereocenters. The van der Waals surface area contributed by atoms with Crippen LogP contribution in [0, 0.1) is 5.92 Å². The van der Waals surface area contributed by atoms with E-state index in [1.165, 1.54) is 11.1 Å². The molecule has 130 valence electrons. The molecule has 0 bridgehead atoms. The minimum Gasteiger partial charge on any atom is -0.295 e. The van der Waals surface area contributed by atoms with Gasteiger partial charge in [-0.2, -0.15) is 0 Å². The van der Waals surface area contributed by atoms with Crippen LogP contribution in [0.2, 0.25) is 0 Å². The number of carbonyl (C=O) groups is 1. The Morgan fingerprint density at radius 3 is 2.09 bits per heavy atom. The number of rotatable bonds is 9. The average molecular weight is 319 g/mol. The Hall–Kier alpha value is -1.51. The largest absolute Gasteiger partial charge is 0.295 e. The van der Waals surface area contributed by atoms with E-state index in [4.69, 9.17) is 0 Å². The van der Waals surface area contributed by atoms with Crippen molar-refractivity contribution in [2.45, 2.75) is 80.1 Å². The molecule has 3 nitrogen and oxygen atoms in total. The fourth-order valence-electron chi connectivity index (χ4n) is 2.51. The number of aromatic nitrogens is 2. The first-order valence-electron chi connectivity index (χ1n) is 9.17. The van der Waals surface area contributed by atoms with Crippen LogP contribution in [0.1, 0.15) is 78.6 Å². The van der Waals surface area contributed by atoms with Crippen molar-refractivity contribution in [1.82, 2.24) is 9.97 Å². The van der Waals surface area contributed by atoms with Gasteiger partial charge in [-0.3, -0.25) is 4.79 Å². The van der Waals surface area contributed by atoms with Gasteiger partial charge in [0.15, 0.2) is 5.78 Å². The van der Waals surface area contributed by atoms with Crippen LogP contribution in [0.3, 0.4) is 0 Å². The zero-order chi connectivity index (χ0) is 17.7. The first kappa shape index (κ1) is 21.5. The first-order valence-corrected chi connectivity index (χ1v) is 9.17. The molecular formula is C20H34N2O. The van der Waals surface area contributed by atoms with Crippen LogP contribution in [0.25, 0.3) is 0 Å². The third-order valence-corrected chi connectivity index (χ3v) is 3.86. The standard InChI is InChI=1S/C18H28N2O.C2H6/c1-5-9-14-12-19-18(20-13-14)11-16(10-17(21)8-4)15(6-2)7-3;1-2/h10,12-13,15H,5-9,11H2,1-4H3;1-2H3/b16-10-;. The lowest BCUT2D eigenvalue weighted by atomic mass is 9.90. The highest BCUT2D eigenvalue weighted by molar-refractivity contribution is 5.90. The van der Waals surface area contributed by atoms with Crippen molar-refractivity contribution in [2.24, 2.45) is 5.92 Å². The number of hydrogen-bond acceptors (Lipinski definition) is 3. The van der Waals surface area contributed by atoms with Gasteiger partial charge in [0.05, 0.1) is 0 Å². The number of carbonyl (C=O) groups excluding carboxylic acids is 1. The maximum atomic E-state index is 11.8. The predicted molar refractivity (Wildman–Crippen MR) is 98.5 cm³/mol. The fourth-order valence-corrected chi connectivity index (χ4v) is 2.51. The molecule has 0 saturated heterocycles. The van der Waals surface area contributed by atoms with Crippen LogP contribution < -0.4 is 0 Å². The van der Waals surface area contributed by atoms with Gasteiger partial charge in [-0.15, -0.1) is 0 Å². The van der Waals surface area contributed by atoms with Crippen molar-refractivity contribution in [1.29, 1.82) is 0 Å². The molecule has 1 heterocycles. The highest BCUT2D eigenvalue weighted by Crippen LogP contribution is 2.22. The van der Waals surface area contributed by atoms with Crippen LogP contribution in [-0.4, -0.2) is 15.8 Å². The monoisotopic (exact) mass is 318 g/mol. The minimum absolute atomic E-state index is 0.194. The van der Waals surface area contributed by atoms with Crippen molar-refractivity contribution in [3.63, 3.8) is 0 Å². The van der Waals surface area contributed by atoms with E-state index in [2.05, 4.69) is 30.7 Å². The topological polar surface area (TPSA) is 42.9 Å². The maximum Gasteiger partial charge on any atom is 0.155 e. The molecule has 0 saturated carbocycles. The second-order valence-corrected chi connectivity index (χ2v) is 5.49. The van der Waals surface area contributed by atoms with Crippen molar-refractivity contribution in [2.75, 3.05) is 0 Å². The van der Waals surface area contributed by atoms with Gasteiger partial charge in [-0.05, 0) is 36.8 Å². The first-order chi connectivity index (χ1) is 11.1. The van der Waals surface area contributed by atoms with Crippen LogP contribution in [0.4, 0.5) is 0 Å². The highest BCUT2D eigenvalue weighted by Gasteiger charge is 2.14. The number of nitrogens with zero attached hydrogens (tertiary/aromatic N) is 2. The minimum atomic E-state index is 0.194. The zero-order valence-corrected chi connectivity index (χ0v) is 15.9. The van der Waals surface area contributed by atoms with E-state index in [0.29, 0.717) is 18.8 Å². The normalized spacial score (nSPS) is 11.2.